The number of carbonyl (C=O) groups is 1. The largest absolute Gasteiger partial charge is 0.356 e. The third kappa shape index (κ3) is 8.87. The van der Waals surface area contributed by atoms with Crippen molar-refractivity contribution in [2.24, 2.45) is 5.11 Å². The number of rotatable bonds is 8. The summed E-state index contributed by atoms with van der Waals surface area (Å²) in [4.78, 5) is 13.7. The lowest BCUT2D eigenvalue weighted by Gasteiger charge is -2.02. The number of nitrogens with zero attached hydrogens (tertiary/aromatic N) is 3. The first-order chi connectivity index (χ1) is 6.81. The minimum absolute atomic E-state index is 0.0502. The standard InChI is InChI=1S/C9H18N4O/c1-2-3-4-7-11-9(14)6-5-8-12-13-10/h2-8H2,1H3,(H,11,14). The van der Waals surface area contributed by atoms with Crippen LogP contribution in [0, 0.1) is 0 Å². The summed E-state index contributed by atoms with van der Waals surface area (Å²) in [5.74, 6) is 0.0502. The number of carbonyl (C=O) groups excluding carboxylic acids is 1. The number of hydrogen-bond donors (Lipinski definition) is 1. The molecule has 0 heterocycles. The Bertz CT molecular complexity index is 199. The van der Waals surface area contributed by atoms with Crippen molar-refractivity contribution in [3.8, 4) is 0 Å². The molecule has 14 heavy (non-hydrogen) atoms. The zero-order valence-electron chi connectivity index (χ0n) is 8.70. The van der Waals surface area contributed by atoms with Crippen molar-refractivity contribution < 1.29 is 4.79 Å². The van der Waals surface area contributed by atoms with Crippen molar-refractivity contribution in [3.05, 3.63) is 10.4 Å². The van der Waals surface area contributed by atoms with Crippen LogP contribution in [0.3, 0.4) is 0 Å². The minimum Gasteiger partial charge on any atom is -0.356 e. The molecule has 0 aromatic carbocycles. The molecule has 0 aliphatic rings. The smallest absolute Gasteiger partial charge is 0.219 e. The molecule has 5 heteroatoms. The fourth-order valence-electron chi connectivity index (χ4n) is 1.05. The second-order valence-corrected chi connectivity index (χ2v) is 3.12. The molecule has 5 nitrogen and oxygen atoms in total. The predicted molar refractivity (Wildman–Crippen MR) is 55.8 cm³/mol. The number of amides is 1. The first-order valence-electron chi connectivity index (χ1n) is 5.08. The molecule has 0 saturated heterocycles. The Morgan fingerprint density at radius 2 is 2.21 bits per heavy atom. The number of nitrogens with one attached hydrogen (secondary N) is 1. The van der Waals surface area contributed by atoms with Crippen molar-refractivity contribution in [2.75, 3.05) is 13.1 Å². The zero-order chi connectivity index (χ0) is 10.6. The van der Waals surface area contributed by atoms with Gasteiger partial charge in [0.2, 0.25) is 5.91 Å². The van der Waals surface area contributed by atoms with Crippen molar-refractivity contribution in [1.29, 1.82) is 0 Å². The molecule has 80 valence electrons. The van der Waals surface area contributed by atoms with Gasteiger partial charge in [-0.1, -0.05) is 24.9 Å². The first kappa shape index (κ1) is 12.8. The summed E-state index contributed by atoms with van der Waals surface area (Å²) in [7, 11) is 0. The Kier molecular flexibility index (Phi) is 9.01. The van der Waals surface area contributed by atoms with Gasteiger partial charge >= 0.3 is 0 Å². The lowest BCUT2D eigenvalue weighted by molar-refractivity contribution is -0.121. The highest BCUT2D eigenvalue weighted by Gasteiger charge is 1.98. The molecule has 1 amide bonds. The van der Waals surface area contributed by atoms with E-state index in [1.54, 1.807) is 0 Å². The van der Waals surface area contributed by atoms with Gasteiger partial charge in [0, 0.05) is 24.4 Å². The van der Waals surface area contributed by atoms with E-state index in [-0.39, 0.29) is 5.91 Å². The molecular weight excluding hydrogens is 180 g/mol. The summed E-state index contributed by atoms with van der Waals surface area (Å²) in [5, 5.41) is 6.17. The Morgan fingerprint density at radius 1 is 1.43 bits per heavy atom. The maximum atomic E-state index is 11.1. The Labute approximate surface area is 84.5 Å². The van der Waals surface area contributed by atoms with E-state index in [9.17, 15) is 4.79 Å². The minimum atomic E-state index is 0.0502. The van der Waals surface area contributed by atoms with Gasteiger partial charge in [0.15, 0.2) is 0 Å². The van der Waals surface area contributed by atoms with Crippen LogP contribution in [0.2, 0.25) is 0 Å². The number of unbranched alkanes of at least 4 members (excludes halogenated alkanes) is 2. The van der Waals surface area contributed by atoms with E-state index < -0.39 is 0 Å². The molecule has 0 rings (SSSR count). The molecule has 0 unspecified atom stereocenters. The molecule has 0 saturated carbocycles. The number of azide groups is 1. The Balaban J connectivity index is 3.23. The summed E-state index contributed by atoms with van der Waals surface area (Å²) in [5.41, 5.74) is 7.99. The second kappa shape index (κ2) is 9.86. The lowest BCUT2D eigenvalue weighted by Crippen LogP contribution is -2.24. The first-order valence-corrected chi connectivity index (χ1v) is 5.08. The van der Waals surface area contributed by atoms with Crippen LogP contribution < -0.4 is 5.32 Å². The van der Waals surface area contributed by atoms with E-state index in [1.807, 2.05) is 0 Å². The van der Waals surface area contributed by atoms with Crippen LogP contribution in [0.25, 0.3) is 10.4 Å². The molecule has 0 spiro atoms. The van der Waals surface area contributed by atoms with Crippen LogP contribution in [-0.2, 0) is 4.79 Å². The topological polar surface area (TPSA) is 77.9 Å². The van der Waals surface area contributed by atoms with E-state index in [4.69, 9.17) is 5.53 Å². The quantitative estimate of drug-likeness (QED) is 0.276. The average molecular weight is 198 g/mol. The van der Waals surface area contributed by atoms with Crippen molar-refractivity contribution in [3.63, 3.8) is 0 Å². The monoisotopic (exact) mass is 198 g/mol. The molecule has 0 bridgehead atoms. The number of hydrogen-bond acceptors (Lipinski definition) is 2. The molecule has 0 aromatic rings. The fraction of sp³-hybridized carbons (Fsp3) is 0.889. The van der Waals surface area contributed by atoms with Crippen molar-refractivity contribution in [2.45, 2.75) is 39.0 Å². The molecule has 0 aromatic heterocycles. The summed E-state index contributed by atoms with van der Waals surface area (Å²) < 4.78 is 0. The van der Waals surface area contributed by atoms with Gasteiger partial charge in [-0.25, -0.2) is 0 Å². The lowest BCUT2D eigenvalue weighted by atomic mass is 10.2. The predicted octanol–water partition coefficient (Wildman–Crippen LogP) is 2.38. The van der Waals surface area contributed by atoms with Gasteiger partial charge in [0.1, 0.15) is 0 Å². The van der Waals surface area contributed by atoms with Gasteiger partial charge in [0.25, 0.3) is 0 Å². The van der Waals surface area contributed by atoms with E-state index in [2.05, 4.69) is 22.3 Å². The second-order valence-electron chi connectivity index (χ2n) is 3.12. The summed E-state index contributed by atoms with van der Waals surface area (Å²) in [6.45, 7) is 3.29. The molecule has 0 atom stereocenters. The molecular formula is C9H18N4O. The summed E-state index contributed by atoms with van der Waals surface area (Å²) in [6.07, 6.45) is 4.43. The average Bonchev–Trinajstić information content (AvgIpc) is 2.19. The van der Waals surface area contributed by atoms with Crippen molar-refractivity contribution >= 4 is 5.91 Å². The molecule has 0 aliphatic heterocycles. The third-order valence-electron chi connectivity index (χ3n) is 1.83. The normalized spacial score (nSPS) is 9.21. The molecule has 0 radical (unpaired) electrons. The highest BCUT2D eigenvalue weighted by molar-refractivity contribution is 5.75. The van der Waals surface area contributed by atoms with Gasteiger partial charge in [-0.05, 0) is 18.4 Å². The third-order valence-corrected chi connectivity index (χ3v) is 1.83. The zero-order valence-corrected chi connectivity index (χ0v) is 8.70. The SMILES string of the molecule is CCCCCNC(=O)CCCN=[N+]=[N-]. The molecule has 1 N–H and O–H groups in total. The van der Waals surface area contributed by atoms with Gasteiger partial charge in [-0.2, -0.15) is 0 Å². The van der Waals surface area contributed by atoms with Crippen LogP contribution in [0.15, 0.2) is 5.11 Å². The fourth-order valence-corrected chi connectivity index (χ4v) is 1.05. The van der Waals surface area contributed by atoms with E-state index in [0.717, 1.165) is 25.8 Å². The molecule has 0 aliphatic carbocycles. The van der Waals surface area contributed by atoms with Gasteiger partial charge in [-0.15, -0.1) is 0 Å². The maximum Gasteiger partial charge on any atom is 0.219 e. The van der Waals surface area contributed by atoms with Crippen LogP contribution >= 0.6 is 0 Å². The van der Waals surface area contributed by atoms with Gasteiger partial charge in [0.05, 0.1) is 0 Å². The van der Waals surface area contributed by atoms with E-state index in [1.165, 1.54) is 0 Å². The van der Waals surface area contributed by atoms with Crippen LogP contribution in [0.4, 0.5) is 0 Å². The van der Waals surface area contributed by atoms with E-state index >= 15 is 0 Å². The van der Waals surface area contributed by atoms with Gasteiger partial charge in [-0.3, -0.25) is 4.79 Å². The van der Waals surface area contributed by atoms with Crippen molar-refractivity contribution in [1.82, 2.24) is 5.32 Å². The highest BCUT2D eigenvalue weighted by Crippen LogP contribution is 1.93. The Morgan fingerprint density at radius 3 is 2.86 bits per heavy atom. The van der Waals surface area contributed by atoms with Crippen LogP contribution in [0.5, 0.6) is 0 Å². The summed E-state index contributed by atoms with van der Waals surface area (Å²) in [6, 6.07) is 0. The van der Waals surface area contributed by atoms with Crippen LogP contribution in [0.1, 0.15) is 39.0 Å². The van der Waals surface area contributed by atoms with Gasteiger partial charge < -0.3 is 5.32 Å². The molecule has 0 fully saturated rings. The Hall–Kier alpha value is -1.22. The summed E-state index contributed by atoms with van der Waals surface area (Å²) >= 11 is 0. The maximum absolute atomic E-state index is 11.1. The van der Waals surface area contributed by atoms with Crippen LogP contribution in [-0.4, -0.2) is 19.0 Å². The highest BCUT2D eigenvalue weighted by atomic mass is 16.1. The van der Waals surface area contributed by atoms with E-state index in [0.29, 0.717) is 19.4 Å².